The number of hydrogen-bond acceptors (Lipinski definition) is 4. The zero-order valence-electron chi connectivity index (χ0n) is 10.3. The highest BCUT2D eigenvalue weighted by Crippen LogP contribution is 2.34. The lowest BCUT2D eigenvalue weighted by Crippen LogP contribution is -2.59. The van der Waals surface area contributed by atoms with Crippen molar-refractivity contribution in [2.45, 2.75) is 18.4 Å². The molecule has 98 valence electrons. The fraction of sp³-hybridized carbons (Fsp3) is 0.615. The van der Waals surface area contributed by atoms with Crippen LogP contribution >= 0.6 is 0 Å². The van der Waals surface area contributed by atoms with Crippen molar-refractivity contribution in [2.24, 2.45) is 5.92 Å². The lowest BCUT2D eigenvalue weighted by Gasteiger charge is -2.47. The van der Waals surface area contributed by atoms with Crippen molar-refractivity contribution in [3.8, 4) is 0 Å². The molecule has 0 unspecified atom stereocenters. The van der Waals surface area contributed by atoms with Crippen molar-refractivity contribution in [3.05, 3.63) is 24.1 Å². The molecule has 0 saturated carbocycles. The fourth-order valence-electron chi connectivity index (χ4n) is 2.99. The van der Waals surface area contributed by atoms with Crippen LogP contribution in [-0.4, -0.2) is 41.9 Å². The molecule has 0 aromatic carbocycles. The first-order valence-electron chi connectivity index (χ1n) is 6.47. The molecule has 2 saturated heterocycles. The van der Waals surface area contributed by atoms with E-state index >= 15 is 0 Å². The van der Waals surface area contributed by atoms with Gasteiger partial charge in [-0.15, -0.1) is 0 Å². The maximum atomic E-state index is 12.9. The third kappa shape index (κ3) is 2.08. The SMILES string of the molecule is O[C@]12CCNC[C@H]1CN(c1ccc(F)cn1)CC2. The van der Waals surface area contributed by atoms with Gasteiger partial charge in [0.25, 0.3) is 0 Å². The van der Waals surface area contributed by atoms with Crippen molar-refractivity contribution in [3.63, 3.8) is 0 Å². The first-order chi connectivity index (χ1) is 8.67. The second-order valence-corrected chi connectivity index (χ2v) is 5.29. The Balaban J connectivity index is 1.75. The largest absolute Gasteiger partial charge is 0.389 e. The summed E-state index contributed by atoms with van der Waals surface area (Å²) in [4.78, 5) is 6.24. The van der Waals surface area contributed by atoms with E-state index in [0.717, 1.165) is 44.8 Å². The van der Waals surface area contributed by atoms with Gasteiger partial charge in [0.05, 0.1) is 11.8 Å². The van der Waals surface area contributed by atoms with Gasteiger partial charge in [-0.2, -0.15) is 0 Å². The molecule has 0 bridgehead atoms. The highest BCUT2D eigenvalue weighted by Gasteiger charge is 2.43. The molecule has 1 aromatic rings. The summed E-state index contributed by atoms with van der Waals surface area (Å²) < 4.78 is 12.9. The summed E-state index contributed by atoms with van der Waals surface area (Å²) in [5, 5.41) is 13.9. The molecule has 3 rings (SSSR count). The van der Waals surface area contributed by atoms with E-state index in [0.29, 0.717) is 0 Å². The van der Waals surface area contributed by atoms with Crippen LogP contribution in [0.2, 0.25) is 0 Å². The third-order valence-corrected chi connectivity index (χ3v) is 4.18. The Bertz CT molecular complexity index is 425. The normalized spacial score (nSPS) is 32.1. The Morgan fingerprint density at radius 1 is 1.44 bits per heavy atom. The number of anilines is 1. The van der Waals surface area contributed by atoms with E-state index in [1.54, 1.807) is 6.07 Å². The molecule has 0 amide bonds. The molecule has 18 heavy (non-hydrogen) atoms. The first-order valence-corrected chi connectivity index (χ1v) is 6.47. The van der Waals surface area contributed by atoms with Crippen molar-refractivity contribution in [2.75, 3.05) is 31.1 Å². The Hall–Kier alpha value is -1.20. The van der Waals surface area contributed by atoms with Crippen LogP contribution in [0.1, 0.15) is 12.8 Å². The maximum Gasteiger partial charge on any atom is 0.141 e. The molecule has 1 aromatic heterocycles. The van der Waals surface area contributed by atoms with Crippen molar-refractivity contribution < 1.29 is 9.50 Å². The summed E-state index contributed by atoms with van der Waals surface area (Å²) >= 11 is 0. The Morgan fingerprint density at radius 2 is 2.33 bits per heavy atom. The minimum absolute atomic E-state index is 0.229. The smallest absolute Gasteiger partial charge is 0.141 e. The zero-order chi connectivity index (χ0) is 12.6. The van der Waals surface area contributed by atoms with Crippen LogP contribution in [0.25, 0.3) is 0 Å². The Labute approximate surface area is 106 Å². The average Bonchev–Trinajstić information content (AvgIpc) is 2.39. The summed E-state index contributed by atoms with van der Waals surface area (Å²) in [6.07, 6.45) is 2.83. The number of aromatic nitrogens is 1. The van der Waals surface area contributed by atoms with E-state index in [2.05, 4.69) is 15.2 Å². The number of rotatable bonds is 1. The summed E-state index contributed by atoms with van der Waals surface area (Å²) in [6, 6.07) is 3.14. The van der Waals surface area contributed by atoms with Gasteiger partial charge in [0.15, 0.2) is 0 Å². The van der Waals surface area contributed by atoms with Crippen molar-refractivity contribution in [1.29, 1.82) is 0 Å². The number of pyridine rings is 1. The van der Waals surface area contributed by atoms with Gasteiger partial charge in [-0.25, -0.2) is 9.37 Å². The number of piperidine rings is 2. The molecule has 0 aliphatic carbocycles. The van der Waals surface area contributed by atoms with Gasteiger partial charge < -0.3 is 15.3 Å². The molecule has 0 radical (unpaired) electrons. The van der Waals surface area contributed by atoms with Gasteiger partial charge in [-0.3, -0.25) is 0 Å². The predicted molar refractivity (Wildman–Crippen MR) is 67.0 cm³/mol. The minimum Gasteiger partial charge on any atom is -0.389 e. The molecule has 2 N–H and O–H groups in total. The monoisotopic (exact) mass is 251 g/mol. The van der Waals surface area contributed by atoms with Gasteiger partial charge >= 0.3 is 0 Å². The number of fused-ring (bicyclic) bond motifs is 1. The van der Waals surface area contributed by atoms with E-state index in [1.807, 2.05) is 0 Å². The second-order valence-electron chi connectivity index (χ2n) is 5.29. The highest BCUT2D eigenvalue weighted by molar-refractivity contribution is 5.39. The van der Waals surface area contributed by atoms with E-state index in [-0.39, 0.29) is 11.7 Å². The second kappa shape index (κ2) is 4.48. The van der Waals surface area contributed by atoms with E-state index in [4.69, 9.17) is 0 Å². The summed E-state index contributed by atoms with van der Waals surface area (Å²) in [5.41, 5.74) is -0.526. The number of nitrogens with one attached hydrogen (secondary N) is 1. The number of aliphatic hydroxyl groups is 1. The van der Waals surface area contributed by atoms with Gasteiger partial charge in [-0.05, 0) is 31.5 Å². The van der Waals surface area contributed by atoms with Crippen LogP contribution in [0.15, 0.2) is 18.3 Å². The number of hydrogen-bond donors (Lipinski definition) is 2. The fourth-order valence-corrected chi connectivity index (χ4v) is 2.99. The van der Waals surface area contributed by atoms with E-state index < -0.39 is 5.60 Å². The Morgan fingerprint density at radius 3 is 3.11 bits per heavy atom. The lowest BCUT2D eigenvalue weighted by atomic mass is 9.76. The van der Waals surface area contributed by atoms with Crippen LogP contribution in [-0.2, 0) is 0 Å². The quantitative estimate of drug-likeness (QED) is 0.774. The van der Waals surface area contributed by atoms with Gasteiger partial charge in [0.1, 0.15) is 11.6 Å². The summed E-state index contributed by atoms with van der Waals surface area (Å²) in [7, 11) is 0. The minimum atomic E-state index is -0.526. The number of halogens is 1. The molecule has 2 fully saturated rings. The standard InChI is InChI=1S/C13H18FN3O/c14-11-1-2-12(16-8-11)17-6-4-13(18)3-5-15-7-10(13)9-17/h1-2,8,10,15,18H,3-7,9H2/t10-,13-/m0/s1. The molecular weight excluding hydrogens is 233 g/mol. The topological polar surface area (TPSA) is 48.4 Å². The molecule has 3 heterocycles. The van der Waals surface area contributed by atoms with E-state index in [1.165, 1.54) is 12.3 Å². The molecule has 4 nitrogen and oxygen atoms in total. The molecule has 0 spiro atoms. The number of nitrogens with zero attached hydrogens (tertiary/aromatic N) is 2. The van der Waals surface area contributed by atoms with Crippen molar-refractivity contribution >= 4 is 5.82 Å². The lowest BCUT2D eigenvalue weighted by molar-refractivity contribution is -0.0539. The van der Waals surface area contributed by atoms with E-state index in [9.17, 15) is 9.50 Å². The summed E-state index contributed by atoms with van der Waals surface area (Å²) in [5.74, 6) is 0.711. The molecular formula is C13H18FN3O. The van der Waals surface area contributed by atoms with Crippen LogP contribution in [0.5, 0.6) is 0 Å². The van der Waals surface area contributed by atoms with Crippen LogP contribution < -0.4 is 10.2 Å². The zero-order valence-corrected chi connectivity index (χ0v) is 10.3. The first kappa shape index (κ1) is 11.9. The molecule has 2 atom stereocenters. The highest BCUT2D eigenvalue weighted by atomic mass is 19.1. The van der Waals surface area contributed by atoms with Gasteiger partial charge in [-0.1, -0.05) is 0 Å². The Kier molecular flexibility index (Phi) is 2.95. The van der Waals surface area contributed by atoms with Gasteiger partial charge in [0, 0.05) is 25.6 Å². The van der Waals surface area contributed by atoms with Crippen LogP contribution in [0.3, 0.4) is 0 Å². The molecule has 5 heteroatoms. The third-order valence-electron chi connectivity index (χ3n) is 4.18. The predicted octanol–water partition coefficient (Wildman–Crippen LogP) is 0.771. The van der Waals surface area contributed by atoms with Crippen LogP contribution in [0, 0.1) is 11.7 Å². The molecule has 2 aliphatic heterocycles. The average molecular weight is 251 g/mol. The van der Waals surface area contributed by atoms with Crippen molar-refractivity contribution in [1.82, 2.24) is 10.3 Å². The van der Waals surface area contributed by atoms with Gasteiger partial charge in [0.2, 0.25) is 0 Å². The maximum absolute atomic E-state index is 12.9. The van der Waals surface area contributed by atoms with Crippen LogP contribution in [0.4, 0.5) is 10.2 Å². The summed E-state index contributed by atoms with van der Waals surface area (Å²) in [6.45, 7) is 3.30. The molecule has 2 aliphatic rings.